The molecular formula is C31H30N2O5S. The number of carboxylic acid groups (broad SMARTS) is 1. The van der Waals surface area contributed by atoms with E-state index in [2.05, 4.69) is 5.32 Å². The Labute approximate surface area is 228 Å². The van der Waals surface area contributed by atoms with Gasteiger partial charge in [0.2, 0.25) is 15.9 Å². The van der Waals surface area contributed by atoms with Crippen molar-refractivity contribution in [2.45, 2.75) is 35.6 Å². The van der Waals surface area contributed by atoms with E-state index in [0.29, 0.717) is 0 Å². The Morgan fingerprint density at radius 3 is 2.05 bits per heavy atom. The molecule has 1 atom stereocenters. The molecule has 1 heterocycles. The lowest BCUT2D eigenvalue weighted by Gasteiger charge is -2.41. The maximum atomic E-state index is 14.0. The molecule has 1 saturated heterocycles. The molecular weight excluding hydrogens is 512 g/mol. The molecule has 1 fully saturated rings. The molecule has 5 rings (SSSR count). The second-order valence-electron chi connectivity index (χ2n) is 9.92. The molecule has 0 spiro atoms. The van der Waals surface area contributed by atoms with E-state index >= 15 is 0 Å². The summed E-state index contributed by atoms with van der Waals surface area (Å²) in [5.74, 6) is -1.53. The Kier molecular flexibility index (Phi) is 7.50. The molecule has 0 radical (unpaired) electrons. The van der Waals surface area contributed by atoms with Gasteiger partial charge < -0.3 is 10.4 Å². The SMILES string of the molecule is O=C(O)[C@H](Cc1ccccc1)NC(=O)C1(c2ccc3ccccc3c2)CCN(S(=O)(=O)c2ccccc2)CC1. The van der Waals surface area contributed by atoms with Crippen molar-refractivity contribution in [2.24, 2.45) is 0 Å². The monoisotopic (exact) mass is 542 g/mol. The van der Waals surface area contributed by atoms with E-state index in [1.54, 1.807) is 30.3 Å². The Morgan fingerprint density at radius 2 is 1.41 bits per heavy atom. The van der Waals surface area contributed by atoms with Crippen molar-refractivity contribution in [2.75, 3.05) is 13.1 Å². The molecule has 0 aliphatic carbocycles. The number of hydrogen-bond acceptors (Lipinski definition) is 4. The normalized spacial score (nSPS) is 16.4. The van der Waals surface area contributed by atoms with E-state index in [-0.39, 0.29) is 37.2 Å². The second-order valence-corrected chi connectivity index (χ2v) is 11.9. The van der Waals surface area contributed by atoms with Gasteiger partial charge in [-0.1, -0.05) is 91.0 Å². The number of nitrogens with one attached hydrogen (secondary N) is 1. The highest BCUT2D eigenvalue weighted by atomic mass is 32.2. The number of sulfonamides is 1. The van der Waals surface area contributed by atoms with Crippen LogP contribution in [0.2, 0.25) is 0 Å². The van der Waals surface area contributed by atoms with Crippen molar-refractivity contribution in [3.8, 4) is 0 Å². The molecule has 0 bridgehead atoms. The van der Waals surface area contributed by atoms with Gasteiger partial charge in [-0.05, 0) is 46.9 Å². The summed E-state index contributed by atoms with van der Waals surface area (Å²) in [5, 5.41) is 14.7. The summed E-state index contributed by atoms with van der Waals surface area (Å²) >= 11 is 0. The van der Waals surface area contributed by atoms with Crippen LogP contribution in [0, 0.1) is 0 Å². The van der Waals surface area contributed by atoms with Crippen LogP contribution in [0.1, 0.15) is 24.0 Å². The highest BCUT2D eigenvalue weighted by molar-refractivity contribution is 7.89. The first-order valence-corrected chi connectivity index (χ1v) is 14.4. The van der Waals surface area contributed by atoms with Crippen molar-refractivity contribution in [3.05, 3.63) is 114 Å². The van der Waals surface area contributed by atoms with E-state index in [1.807, 2.05) is 72.8 Å². The van der Waals surface area contributed by atoms with Crippen molar-refractivity contribution < 1.29 is 23.1 Å². The van der Waals surface area contributed by atoms with Crippen LogP contribution in [-0.2, 0) is 31.4 Å². The van der Waals surface area contributed by atoms with E-state index in [0.717, 1.165) is 21.9 Å². The zero-order chi connectivity index (χ0) is 27.5. The lowest BCUT2D eigenvalue weighted by molar-refractivity contribution is -0.143. The summed E-state index contributed by atoms with van der Waals surface area (Å²) in [6.07, 6.45) is 0.589. The number of carbonyl (C=O) groups is 2. The van der Waals surface area contributed by atoms with Crippen molar-refractivity contribution in [3.63, 3.8) is 0 Å². The van der Waals surface area contributed by atoms with Crippen LogP contribution in [-0.4, -0.2) is 48.8 Å². The Balaban J connectivity index is 1.47. The van der Waals surface area contributed by atoms with Gasteiger partial charge in [0.15, 0.2) is 0 Å². The lowest BCUT2D eigenvalue weighted by Crippen LogP contribution is -2.56. The molecule has 4 aromatic rings. The van der Waals surface area contributed by atoms with Crippen LogP contribution in [0.25, 0.3) is 10.8 Å². The molecule has 1 amide bonds. The van der Waals surface area contributed by atoms with Crippen molar-refractivity contribution >= 4 is 32.7 Å². The summed E-state index contributed by atoms with van der Waals surface area (Å²) in [6, 6.07) is 29.9. The first kappa shape index (κ1) is 26.6. The number of carbonyl (C=O) groups excluding carboxylic acids is 1. The molecule has 0 aromatic heterocycles. The maximum Gasteiger partial charge on any atom is 0.326 e. The standard InChI is InChI=1S/C31H30N2O5S/c34-29(35)28(21-23-9-3-1-4-10-23)32-30(36)31(26-16-15-24-11-7-8-12-25(24)22-26)17-19-33(20-18-31)39(37,38)27-13-5-2-6-14-27/h1-16,22,28H,17-21H2,(H,32,36)(H,34,35)/t28-/m0/s1. The van der Waals surface area contributed by atoms with Crippen LogP contribution in [0.3, 0.4) is 0 Å². The van der Waals surface area contributed by atoms with Gasteiger partial charge in [-0.15, -0.1) is 0 Å². The van der Waals surface area contributed by atoms with Gasteiger partial charge >= 0.3 is 5.97 Å². The van der Waals surface area contributed by atoms with Gasteiger partial charge in [0.05, 0.1) is 10.3 Å². The van der Waals surface area contributed by atoms with Gasteiger partial charge in [-0.25, -0.2) is 13.2 Å². The van der Waals surface area contributed by atoms with Crippen molar-refractivity contribution in [1.29, 1.82) is 0 Å². The zero-order valence-corrected chi connectivity index (χ0v) is 22.2. The average Bonchev–Trinajstić information content (AvgIpc) is 2.97. The molecule has 1 aliphatic rings. The molecule has 200 valence electrons. The maximum absolute atomic E-state index is 14.0. The zero-order valence-electron chi connectivity index (χ0n) is 21.4. The smallest absolute Gasteiger partial charge is 0.326 e. The minimum Gasteiger partial charge on any atom is -0.480 e. The molecule has 4 aromatic carbocycles. The van der Waals surface area contributed by atoms with Crippen LogP contribution >= 0.6 is 0 Å². The Hall–Kier alpha value is -4.01. The number of benzene rings is 4. The van der Waals surface area contributed by atoms with Gasteiger partial charge in [0, 0.05) is 19.5 Å². The molecule has 39 heavy (non-hydrogen) atoms. The quantitative estimate of drug-likeness (QED) is 0.344. The van der Waals surface area contributed by atoms with Crippen LogP contribution < -0.4 is 5.32 Å². The number of rotatable bonds is 8. The fourth-order valence-electron chi connectivity index (χ4n) is 5.33. The summed E-state index contributed by atoms with van der Waals surface area (Å²) in [6.45, 7) is 0.266. The number of amides is 1. The molecule has 2 N–H and O–H groups in total. The van der Waals surface area contributed by atoms with E-state index in [9.17, 15) is 23.1 Å². The van der Waals surface area contributed by atoms with Gasteiger partial charge in [-0.2, -0.15) is 4.31 Å². The number of fused-ring (bicyclic) bond motifs is 1. The minimum atomic E-state index is -3.72. The number of carboxylic acids is 1. The number of nitrogens with zero attached hydrogens (tertiary/aromatic N) is 1. The lowest BCUT2D eigenvalue weighted by atomic mass is 9.71. The molecule has 1 aliphatic heterocycles. The third-order valence-corrected chi connectivity index (χ3v) is 9.49. The average molecular weight is 543 g/mol. The molecule has 7 nitrogen and oxygen atoms in total. The van der Waals surface area contributed by atoms with E-state index < -0.39 is 33.4 Å². The Morgan fingerprint density at radius 1 is 0.821 bits per heavy atom. The van der Waals surface area contributed by atoms with Gasteiger partial charge in [-0.3, -0.25) is 4.79 Å². The molecule has 0 saturated carbocycles. The highest BCUT2D eigenvalue weighted by Crippen LogP contribution is 2.39. The third-order valence-electron chi connectivity index (χ3n) is 7.58. The van der Waals surface area contributed by atoms with Crippen LogP contribution in [0.15, 0.2) is 108 Å². The van der Waals surface area contributed by atoms with Gasteiger partial charge in [0.25, 0.3) is 0 Å². The first-order chi connectivity index (χ1) is 18.8. The predicted octanol–water partition coefficient (Wildman–Crippen LogP) is 4.37. The highest BCUT2D eigenvalue weighted by Gasteiger charge is 2.46. The molecule has 8 heteroatoms. The third kappa shape index (κ3) is 5.44. The van der Waals surface area contributed by atoms with Crippen LogP contribution in [0.4, 0.5) is 0 Å². The summed E-state index contributed by atoms with van der Waals surface area (Å²) in [4.78, 5) is 26.4. The summed E-state index contributed by atoms with van der Waals surface area (Å²) in [5.41, 5.74) is 0.463. The minimum absolute atomic E-state index is 0.133. The fraction of sp³-hybridized carbons (Fsp3) is 0.226. The second kappa shape index (κ2) is 11.0. The largest absolute Gasteiger partial charge is 0.480 e. The summed E-state index contributed by atoms with van der Waals surface area (Å²) in [7, 11) is -3.72. The predicted molar refractivity (Wildman–Crippen MR) is 150 cm³/mol. The molecule has 0 unspecified atom stereocenters. The topological polar surface area (TPSA) is 104 Å². The number of piperidine rings is 1. The van der Waals surface area contributed by atoms with E-state index in [4.69, 9.17) is 0 Å². The van der Waals surface area contributed by atoms with Crippen molar-refractivity contribution in [1.82, 2.24) is 9.62 Å². The fourth-order valence-corrected chi connectivity index (χ4v) is 6.79. The Bertz CT molecular complexity index is 1580. The number of aliphatic carboxylic acids is 1. The number of hydrogen-bond donors (Lipinski definition) is 2. The first-order valence-electron chi connectivity index (χ1n) is 12.9. The van der Waals surface area contributed by atoms with Crippen LogP contribution in [0.5, 0.6) is 0 Å². The summed E-state index contributed by atoms with van der Waals surface area (Å²) < 4.78 is 28.0. The van der Waals surface area contributed by atoms with E-state index in [1.165, 1.54) is 4.31 Å². The van der Waals surface area contributed by atoms with Gasteiger partial charge in [0.1, 0.15) is 6.04 Å².